The number of hydrogen-bond donors (Lipinski definition) is 1. The number of ether oxygens (including phenoxy) is 1. The van der Waals surface area contributed by atoms with Crippen molar-refractivity contribution in [2.24, 2.45) is 0 Å². The van der Waals surface area contributed by atoms with Gasteiger partial charge >= 0.3 is 11.6 Å². The average molecular weight is 308 g/mol. The molecule has 1 atom stereocenters. The number of nitro groups is 2. The van der Waals surface area contributed by atoms with Gasteiger partial charge in [0.05, 0.1) is 17.1 Å². The Balaban J connectivity index is 2.17. The van der Waals surface area contributed by atoms with Gasteiger partial charge in [0.2, 0.25) is 0 Å². The molecule has 22 heavy (non-hydrogen) atoms. The topological polar surface area (TPSA) is 129 Å². The number of benzene rings is 1. The van der Waals surface area contributed by atoms with Crippen molar-refractivity contribution in [1.29, 1.82) is 0 Å². The molecule has 0 saturated heterocycles. The lowest BCUT2D eigenvalue weighted by atomic mass is 10.1. The predicted octanol–water partition coefficient (Wildman–Crippen LogP) is 2.73. The Kier molecular flexibility index (Phi) is 4.37. The molecule has 0 fully saturated rings. The van der Waals surface area contributed by atoms with Crippen LogP contribution >= 0.6 is 0 Å². The smallest absolute Gasteiger partial charge is 0.433 e. The van der Waals surface area contributed by atoms with E-state index in [1.807, 2.05) is 0 Å². The Morgan fingerprint density at radius 3 is 2.50 bits per heavy atom. The summed E-state index contributed by atoms with van der Waals surface area (Å²) in [6.07, 6.45) is -0.847. The number of nitro benzene ring substituents is 1. The van der Waals surface area contributed by atoms with Crippen molar-refractivity contribution in [3.63, 3.8) is 0 Å². The van der Waals surface area contributed by atoms with E-state index in [0.29, 0.717) is 5.56 Å². The van der Waals surface area contributed by atoms with Crippen LogP contribution in [0.15, 0.2) is 34.7 Å². The summed E-state index contributed by atoms with van der Waals surface area (Å²) in [5, 5.41) is 31.0. The summed E-state index contributed by atoms with van der Waals surface area (Å²) in [5.74, 6) is -0.286. The molecule has 0 amide bonds. The van der Waals surface area contributed by atoms with Crippen molar-refractivity contribution in [3.05, 3.63) is 61.9 Å². The van der Waals surface area contributed by atoms with Gasteiger partial charge in [-0.1, -0.05) is 6.07 Å². The lowest BCUT2D eigenvalue weighted by Gasteiger charge is -2.08. The zero-order chi connectivity index (χ0) is 16.3. The van der Waals surface area contributed by atoms with Crippen molar-refractivity contribution in [2.75, 3.05) is 0 Å². The molecule has 0 spiro atoms. The molecular weight excluding hydrogens is 296 g/mol. The number of hydrogen-bond acceptors (Lipinski definition) is 7. The molecule has 0 saturated carbocycles. The Bertz CT molecular complexity index is 708. The quantitative estimate of drug-likeness (QED) is 0.641. The third-order valence-corrected chi connectivity index (χ3v) is 2.86. The van der Waals surface area contributed by atoms with Gasteiger partial charge in [-0.3, -0.25) is 20.2 Å². The largest absolute Gasteiger partial charge is 0.479 e. The summed E-state index contributed by atoms with van der Waals surface area (Å²) >= 11 is 0. The summed E-state index contributed by atoms with van der Waals surface area (Å²) < 4.78 is 10.2. The van der Waals surface area contributed by atoms with Gasteiger partial charge in [0.1, 0.15) is 17.3 Å². The van der Waals surface area contributed by atoms with Crippen LogP contribution < -0.4 is 4.74 Å². The summed E-state index contributed by atoms with van der Waals surface area (Å²) in [6.45, 7) is 1.30. The van der Waals surface area contributed by atoms with E-state index in [-0.39, 0.29) is 23.8 Å². The lowest BCUT2D eigenvalue weighted by Crippen LogP contribution is -2.00. The highest BCUT2D eigenvalue weighted by Gasteiger charge is 2.19. The molecule has 1 aromatic carbocycles. The molecule has 0 radical (unpaired) electrons. The van der Waals surface area contributed by atoms with E-state index in [9.17, 15) is 25.3 Å². The number of aliphatic hydroxyl groups is 1. The van der Waals surface area contributed by atoms with Gasteiger partial charge in [-0.25, -0.2) is 0 Å². The van der Waals surface area contributed by atoms with Crippen LogP contribution in [0.1, 0.15) is 24.4 Å². The van der Waals surface area contributed by atoms with E-state index >= 15 is 0 Å². The molecule has 1 aromatic heterocycles. The van der Waals surface area contributed by atoms with Gasteiger partial charge in [-0.05, 0) is 24.6 Å². The summed E-state index contributed by atoms with van der Waals surface area (Å²) in [5.41, 5.74) is 0.0761. The molecule has 9 heteroatoms. The minimum atomic E-state index is -0.847. The summed E-state index contributed by atoms with van der Waals surface area (Å²) in [6, 6.07) is 6.59. The standard InChI is InChI=1S/C13H12N2O7/c1-8(16)9-2-4-12(11(6-9)14(17)18)21-7-10-3-5-13(22-10)15(19)20/h2-6,8,16H,7H2,1H3. The highest BCUT2D eigenvalue weighted by molar-refractivity contribution is 5.49. The molecule has 0 bridgehead atoms. The highest BCUT2D eigenvalue weighted by Crippen LogP contribution is 2.31. The number of furan rings is 1. The fourth-order valence-electron chi connectivity index (χ4n) is 1.75. The minimum absolute atomic E-state index is 0.0200. The van der Waals surface area contributed by atoms with Crippen LogP contribution in [0.4, 0.5) is 11.6 Å². The first-order valence-corrected chi connectivity index (χ1v) is 6.21. The fraction of sp³-hybridized carbons (Fsp3) is 0.231. The van der Waals surface area contributed by atoms with Crippen LogP contribution in [0, 0.1) is 20.2 Å². The van der Waals surface area contributed by atoms with Crippen LogP contribution in [0.3, 0.4) is 0 Å². The van der Waals surface area contributed by atoms with E-state index in [2.05, 4.69) is 0 Å². The Morgan fingerprint density at radius 1 is 1.23 bits per heavy atom. The zero-order valence-corrected chi connectivity index (χ0v) is 11.5. The second-order valence-electron chi connectivity index (χ2n) is 4.45. The van der Waals surface area contributed by atoms with Crippen LogP contribution in [-0.2, 0) is 6.61 Å². The highest BCUT2D eigenvalue weighted by atomic mass is 16.7. The Labute approximate surface area is 124 Å². The minimum Gasteiger partial charge on any atom is -0.479 e. The van der Waals surface area contributed by atoms with E-state index in [1.54, 1.807) is 0 Å². The molecule has 0 aliphatic rings. The van der Waals surface area contributed by atoms with Crippen LogP contribution in [0.25, 0.3) is 0 Å². The number of aliphatic hydroxyl groups excluding tert-OH is 1. The first-order valence-electron chi connectivity index (χ1n) is 6.21. The Hall–Kier alpha value is -2.94. The molecular formula is C13H12N2O7. The van der Waals surface area contributed by atoms with Gasteiger partial charge < -0.3 is 14.3 Å². The monoisotopic (exact) mass is 308 g/mol. The van der Waals surface area contributed by atoms with Crippen molar-refractivity contribution in [1.82, 2.24) is 0 Å². The van der Waals surface area contributed by atoms with Gasteiger partial charge in [0, 0.05) is 6.07 Å². The van der Waals surface area contributed by atoms with E-state index < -0.39 is 21.8 Å². The average Bonchev–Trinajstić information content (AvgIpc) is 2.93. The molecule has 9 nitrogen and oxygen atoms in total. The molecule has 1 N–H and O–H groups in total. The second kappa shape index (κ2) is 6.22. The van der Waals surface area contributed by atoms with Gasteiger partial charge in [-0.15, -0.1) is 0 Å². The molecule has 0 aliphatic carbocycles. The molecule has 1 heterocycles. The van der Waals surface area contributed by atoms with Gasteiger partial charge in [0.25, 0.3) is 0 Å². The molecule has 0 aliphatic heterocycles. The molecule has 116 valence electrons. The van der Waals surface area contributed by atoms with Crippen molar-refractivity contribution >= 4 is 11.6 Å². The van der Waals surface area contributed by atoms with E-state index in [4.69, 9.17) is 9.15 Å². The zero-order valence-electron chi connectivity index (χ0n) is 11.5. The van der Waals surface area contributed by atoms with E-state index in [1.165, 1.54) is 37.3 Å². The third kappa shape index (κ3) is 3.38. The first-order chi connectivity index (χ1) is 10.4. The molecule has 2 rings (SSSR count). The van der Waals surface area contributed by atoms with Gasteiger partial charge in [0.15, 0.2) is 5.75 Å². The van der Waals surface area contributed by atoms with Crippen LogP contribution in [-0.4, -0.2) is 15.0 Å². The fourth-order valence-corrected chi connectivity index (χ4v) is 1.75. The maximum Gasteiger partial charge on any atom is 0.433 e. The second-order valence-corrected chi connectivity index (χ2v) is 4.45. The third-order valence-electron chi connectivity index (χ3n) is 2.86. The maximum absolute atomic E-state index is 11.0. The summed E-state index contributed by atoms with van der Waals surface area (Å²) in [7, 11) is 0. The van der Waals surface area contributed by atoms with Crippen LogP contribution in [0.5, 0.6) is 5.75 Å². The molecule has 2 aromatic rings. The normalized spacial score (nSPS) is 11.9. The van der Waals surface area contributed by atoms with Crippen molar-refractivity contribution in [3.8, 4) is 5.75 Å². The number of nitrogens with zero attached hydrogens (tertiary/aromatic N) is 2. The van der Waals surface area contributed by atoms with Crippen molar-refractivity contribution < 1.29 is 24.1 Å². The van der Waals surface area contributed by atoms with Crippen LogP contribution in [0.2, 0.25) is 0 Å². The number of rotatable bonds is 6. The summed E-state index contributed by atoms with van der Waals surface area (Å²) in [4.78, 5) is 20.2. The van der Waals surface area contributed by atoms with E-state index in [0.717, 1.165) is 0 Å². The van der Waals surface area contributed by atoms with Crippen molar-refractivity contribution in [2.45, 2.75) is 19.6 Å². The predicted molar refractivity (Wildman–Crippen MR) is 73.4 cm³/mol. The van der Waals surface area contributed by atoms with Gasteiger partial charge in [-0.2, -0.15) is 0 Å². The first kappa shape index (κ1) is 15.4. The lowest BCUT2D eigenvalue weighted by molar-refractivity contribution is -0.402. The maximum atomic E-state index is 11.0. The Morgan fingerprint density at radius 2 is 1.95 bits per heavy atom. The molecule has 1 unspecified atom stereocenters. The SMILES string of the molecule is CC(O)c1ccc(OCc2ccc([N+](=O)[O-])o2)c([N+](=O)[O-])c1.